The van der Waals surface area contributed by atoms with Crippen LogP contribution in [-0.2, 0) is 35.6 Å². The van der Waals surface area contributed by atoms with E-state index in [9.17, 15) is 23.9 Å². The summed E-state index contributed by atoms with van der Waals surface area (Å²) in [7, 11) is 0. The average Bonchev–Trinajstić information content (AvgIpc) is 2.77. The minimum atomic E-state index is -1.12. The Morgan fingerprint density at radius 2 is 1.91 bits per heavy atom. The van der Waals surface area contributed by atoms with E-state index in [-0.39, 0.29) is 42.5 Å². The number of fused-ring (bicyclic) bond motifs is 6. The van der Waals surface area contributed by atoms with Crippen molar-refractivity contribution in [2.24, 2.45) is 0 Å². The Morgan fingerprint density at radius 1 is 1.06 bits per heavy atom. The van der Waals surface area contributed by atoms with Gasteiger partial charge in [0.25, 0.3) is 0 Å². The molecule has 8 heteroatoms. The zero-order valence-electron chi connectivity index (χ0n) is 16.9. The van der Waals surface area contributed by atoms with Crippen LogP contribution < -0.4 is 4.74 Å². The van der Waals surface area contributed by atoms with Crippen LogP contribution in [0.25, 0.3) is 11.3 Å². The number of ether oxygens (including phenoxy) is 2. The van der Waals surface area contributed by atoms with Gasteiger partial charge in [0.05, 0.1) is 31.3 Å². The fraction of sp³-hybridized carbons (Fsp3) is 0.208. The van der Waals surface area contributed by atoms with Crippen molar-refractivity contribution in [3.63, 3.8) is 0 Å². The van der Waals surface area contributed by atoms with Gasteiger partial charge < -0.3 is 14.6 Å². The fourth-order valence-electron chi connectivity index (χ4n) is 3.58. The van der Waals surface area contributed by atoms with Gasteiger partial charge in [-0.1, -0.05) is 6.07 Å². The highest BCUT2D eigenvalue weighted by atomic mass is 19.1. The highest BCUT2D eigenvalue weighted by molar-refractivity contribution is 5.72. The molecule has 0 aliphatic carbocycles. The minimum absolute atomic E-state index is 0.0149. The van der Waals surface area contributed by atoms with Gasteiger partial charge in [-0.15, -0.1) is 0 Å². The van der Waals surface area contributed by atoms with Crippen molar-refractivity contribution in [1.82, 2.24) is 4.98 Å². The molecule has 0 radical (unpaired) electrons. The van der Waals surface area contributed by atoms with Gasteiger partial charge in [0.2, 0.25) is 5.88 Å². The first-order chi connectivity index (χ1) is 15.4. The Hall–Kier alpha value is -3.83. The lowest BCUT2D eigenvalue weighted by molar-refractivity contribution is -0.136. The van der Waals surface area contributed by atoms with Crippen LogP contribution in [0, 0.1) is 23.0 Å². The molecule has 3 aromatic rings. The third-order valence-electron chi connectivity index (χ3n) is 5.19. The molecule has 4 rings (SSSR count). The minimum Gasteiger partial charge on any atom is -0.481 e. The third kappa shape index (κ3) is 4.58. The van der Waals surface area contributed by atoms with E-state index in [1.54, 1.807) is 18.2 Å². The fourth-order valence-corrected chi connectivity index (χ4v) is 3.58. The van der Waals surface area contributed by atoms with Gasteiger partial charge in [-0.05, 0) is 59.0 Å². The second-order valence-corrected chi connectivity index (χ2v) is 7.34. The molecule has 1 aliphatic rings. The first-order valence-electron chi connectivity index (χ1n) is 9.87. The maximum atomic E-state index is 14.8. The maximum absolute atomic E-state index is 14.8. The Kier molecular flexibility index (Phi) is 6.10. The molecule has 0 atom stereocenters. The molecule has 0 amide bonds. The molecule has 0 saturated heterocycles. The lowest BCUT2D eigenvalue weighted by Crippen LogP contribution is -2.10. The number of carbonyl (C=O) groups is 1. The number of pyridine rings is 1. The lowest BCUT2D eigenvalue weighted by Gasteiger charge is -2.16. The van der Waals surface area contributed by atoms with E-state index in [1.165, 1.54) is 12.1 Å². The Bertz CT molecular complexity index is 1240. The van der Waals surface area contributed by atoms with Crippen LogP contribution in [0.3, 0.4) is 0 Å². The summed E-state index contributed by atoms with van der Waals surface area (Å²) in [5.74, 6) is -2.53. The van der Waals surface area contributed by atoms with Crippen LogP contribution in [0.5, 0.6) is 5.88 Å². The molecule has 0 saturated carbocycles. The standard InChI is InChI=1S/C24H18F2N2O4/c25-20-3-4-22-28-24(20)19-8-18(17(9-21(19)26)10-23(29)30)12-31-6-5-15-7-14(11-27)1-2-16(15)13-32-22/h1-4,7-9H,5-6,10,12-13H2,(H,29,30). The molecule has 2 heterocycles. The zero-order valence-corrected chi connectivity index (χ0v) is 16.9. The zero-order chi connectivity index (χ0) is 22.7. The van der Waals surface area contributed by atoms with Gasteiger partial charge in [-0.3, -0.25) is 4.79 Å². The molecule has 6 nitrogen and oxygen atoms in total. The van der Waals surface area contributed by atoms with Crippen LogP contribution >= 0.6 is 0 Å². The molecule has 2 aromatic carbocycles. The molecule has 4 bridgehead atoms. The van der Waals surface area contributed by atoms with Crippen LogP contribution in [0.2, 0.25) is 0 Å². The third-order valence-corrected chi connectivity index (χ3v) is 5.19. The predicted octanol–water partition coefficient (Wildman–Crippen LogP) is 4.18. The highest BCUT2D eigenvalue weighted by Gasteiger charge is 2.19. The van der Waals surface area contributed by atoms with Crippen molar-refractivity contribution in [3.05, 3.63) is 81.9 Å². The van der Waals surface area contributed by atoms with Gasteiger partial charge in [-0.25, -0.2) is 13.8 Å². The molecule has 32 heavy (non-hydrogen) atoms. The number of nitriles is 1. The van der Waals surface area contributed by atoms with Crippen molar-refractivity contribution in [3.8, 4) is 23.2 Å². The summed E-state index contributed by atoms with van der Waals surface area (Å²) in [6.07, 6.45) is 0.0853. The van der Waals surface area contributed by atoms with Gasteiger partial charge in [0, 0.05) is 11.6 Å². The summed E-state index contributed by atoms with van der Waals surface area (Å²) < 4.78 is 40.8. The molecule has 1 N–H and O–H groups in total. The van der Waals surface area contributed by atoms with Gasteiger partial charge in [0.15, 0.2) is 0 Å². The number of hydrogen-bond donors (Lipinski definition) is 1. The van der Waals surface area contributed by atoms with E-state index < -0.39 is 24.0 Å². The van der Waals surface area contributed by atoms with Crippen LogP contribution in [0.1, 0.15) is 27.8 Å². The number of aliphatic carboxylic acids is 1. The van der Waals surface area contributed by atoms with E-state index in [1.807, 2.05) is 0 Å². The molecule has 1 aliphatic heterocycles. The number of nitrogens with zero attached hydrogens (tertiary/aromatic N) is 2. The number of benzene rings is 2. The SMILES string of the molecule is N#Cc1ccc2c(c1)CCOCc1cc(c(F)cc1CC(=O)O)-c1nc(ccc1F)OC2. The summed E-state index contributed by atoms with van der Waals surface area (Å²) in [5.41, 5.74) is 2.50. The van der Waals surface area contributed by atoms with Gasteiger partial charge in [-0.2, -0.15) is 5.26 Å². The largest absolute Gasteiger partial charge is 0.481 e. The number of hydrogen-bond acceptors (Lipinski definition) is 5. The second kappa shape index (κ2) is 9.12. The Labute approximate surface area is 182 Å². The van der Waals surface area contributed by atoms with E-state index >= 15 is 0 Å². The maximum Gasteiger partial charge on any atom is 0.307 e. The number of rotatable bonds is 2. The van der Waals surface area contributed by atoms with Crippen molar-refractivity contribution in [1.29, 1.82) is 5.26 Å². The van der Waals surface area contributed by atoms with Crippen LogP contribution in [-0.4, -0.2) is 22.7 Å². The Balaban J connectivity index is 1.80. The van der Waals surface area contributed by atoms with Gasteiger partial charge in [0.1, 0.15) is 23.9 Å². The average molecular weight is 436 g/mol. The van der Waals surface area contributed by atoms with Crippen LogP contribution in [0.4, 0.5) is 8.78 Å². The first kappa shape index (κ1) is 21.4. The number of carboxylic acids is 1. The molecular formula is C24H18F2N2O4. The summed E-state index contributed by atoms with van der Waals surface area (Å²) in [6.45, 7) is 0.421. The predicted molar refractivity (Wildman–Crippen MR) is 110 cm³/mol. The number of halogens is 2. The van der Waals surface area contributed by atoms with E-state index in [2.05, 4.69) is 11.1 Å². The van der Waals surface area contributed by atoms with Crippen molar-refractivity contribution >= 4 is 5.97 Å². The number of aromatic nitrogens is 1. The summed E-state index contributed by atoms with van der Waals surface area (Å²) in [6, 6.07) is 12.3. The van der Waals surface area contributed by atoms with E-state index in [0.717, 1.165) is 23.3 Å². The number of carboxylic acid groups (broad SMARTS) is 1. The topological polar surface area (TPSA) is 92.4 Å². The van der Waals surface area contributed by atoms with E-state index in [0.29, 0.717) is 17.5 Å². The lowest BCUT2D eigenvalue weighted by atomic mass is 9.99. The molecule has 0 spiro atoms. The first-order valence-corrected chi connectivity index (χ1v) is 9.87. The molecular weight excluding hydrogens is 418 g/mol. The Morgan fingerprint density at radius 3 is 2.69 bits per heavy atom. The quantitative estimate of drug-likeness (QED) is 0.648. The molecule has 0 unspecified atom stereocenters. The summed E-state index contributed by atoms with van der Waals surface area (Å²) in [4.78, 5) is 15.4. The van der Waals surface area contributed by atoms with Crippen molar-refractivity contribution < 1.29 is 28.2 Å². The molecule has 0 fully saturated rings. The highest BCUT2D eigenvalue weighted by Crippen LogP contribution is 2.30. The summed E-state index contributed by atoms with van der Waals surface area (Å²) >= 11 is 0. The molecule has 1 aromatic heterocycles. The van der Waals surface area contributed by atoms with Crippen LogP contribution in [0.15, 0.2) is 42.5 Å². The normalized spacial score (nSPS) is 13.3. The smallest absolute Gasteiger partial charge is 0.307 e. The van der Waals surface area contributed by atoms with E-state index in [4.69, 9.17) is 9.47 Å². The van der Waals surface area contributed by atoms with Crippen molar-refractivity contribution in [2.45, 2.75) is 26.1 Å². The second-order valence-electron chi connectivity index (χ2n) is 7.34. The van der Waals surface area contributed by atoms with Gasteiger partial charge >= 0.3 is 5.97 Å². The van der Waals surface area contributed by atoms with Crippen molar-refractivity contribution in [2.75, 3.05) is 6.61 Å². The monoisotopic (exact) mass is 436 g/mol. The summed E-state index contributed by atoms with van der Waals surface area (Å²) in [5, 5.41) is 18.4. The molecule has 162 valence electrons.